The summed E-state index contributed by atoms with van der Waals surface area (Å²) >= 11 is 0. The Morgan fingerprint density at radius 2 is 1.36 bits per heavy atom. The van der Waals surface area contributed by atoms with Gasteiger partial charge in [0.1, 0.15) is 0 Å². The minimum absolute atomic E-state index is 0.0255. The molecule has 9 heteroatoms. The number of hydrogen-bond acceptors (Lipinski definition) is 5. The molecule has 1 fully saturated rings. The highest BCUT2D eigenvalue weighted by atomic mass is 32.2. The SMILES string of the molecule is CNS(=O)(=O)c1ccc(S(=O)(=O)NC2CCC(N)CC2)cc1. The second-order valence-corrected chi connectivity index (χ2v) is 9.01. The van der Waals surface area contributed by atoms with Crippen LogP contribution in [0.2, 0.25) is 0 Å². The second kappa shape index (κ2) is 6.63. The van der Waals surface area contributed by atoms with Crippen molar-refractivity contribution in [3.8, 4) is 0 Å². The van der Waals surface area contributed by atoms with Gasteiger partial charge >= 0.3 is 0 Å². The molecule has 0 spiro atoms. The molecule has 4 N–H and O–H groups in total. The number of nitrogens with two attached hydrogens (primary N) is 1. The second-order valence-electron chi connectivity index (χ2n) is 5.41. The maximum atomic E-state index is 12.3. The molecular weight excluding hydrogens is 326 g/mol. The molecule has 0 saturated heterocycles. The van der Waals surface area contributed by atoms with E-state index in [-0.39, 0.29) is 21.9 Å². The third-order valence-corrected chi connectivity index (χ3v) is 6.77. The minimum atomic E-state index is -3.65. The van der Waals surface area contributed by atoms with E-state index in [1.54, 1.807) is 0 Å². The summed E-state index contributed by atoms with van der Waals surface area (Å²) < 4.78 is 52.7. The van der Waals surface area contributed by atoms with E-state index < -0.39 is 20.0 Å². The van der Waals surface area contributed by atoms with Crippen molar-refractivity contribution in [1.29, 1.82) is 0 Å². The molecule has 1 aliphatic rings. The van der Waals surface area contributed by atoms with Crippen LogP contribution >= 0.6 is 0 Å². The zero-order chi connectivity index (χ0) is 16.4. The number of benzene rings is 1. The predicted octanol–water partition coefficient (Wildman–Crippen LogP) is 0.143. The Morgan fingerprint density at radius 3 is 1.82 bits per heavy atom. The number of sulfonamides is 2. The van der Waals surface area contributed by atoms with Gasteiger partial charge in [-0.05, 0) is 57.0 Å². The van der Waals surface area contributed by atoms with E-state index in [1.165, 1.54) is 31.3 Å². The lowest BCUT2D eigenvalue weighted by Gasteiger charge is -2.26. The molecule has 0 bridgehead atoms. The maximum Gasteiger partial charge on any atom is 0.240 e. The highest BCUT2D eigenvalue weighted by molar-refractivity contribution is 7.90. The first-order valence-corrected chi connectivity index (χ1v) is 10.0. The molecule has 0 unspecified atom stereocenters. The largest absolute Gasteiger partial charge is 0.328 e. The first-order valence-electron chi connectivity index (χ1n) is 7.06. The fourth-order valence-electron chi connectivity index (χ4n) is 2.44. The van der Waals surface area contributed by atoms with E-state index in [0.29, 0.717) is 12.8 Å². The van der Waals surface area contributed by atoms with Gasteiger partial charge in [-0.1, -0.05) is 0 Å². The van der Waals surface area contributed by atoms with Crippen molar-refractivity contribution in [3.05, 3.63) is 24.3 Å². The molecule has 1 saturated carbocycles. The Hall–Kier alpha value is -1.00. The van der Waals surface area contributed by atoms with Crippen LogP contribution < -0.4 is 15.2 Å². The van der Waals surface area contributed by atoms with Crippen LogP contribution in [0, 0.1) is 0 Å². The van der Waals surface area contributed by atoms with E-state index in [9.17, 15) is 16.8 Å². The van der Waals surface area contributed by atoms with Gasteiger partial charge in [0.05, 0.1) is 9.79 Å². The van der Waals surface area contributed by atoms with Crippen LogP contribution in [-0.4, -0.2) is 36.0 Å². The van der Waals surface area contributed by atoms with E-state index in [1.807, 2.05) is 0 Å². The lowest BCUT2D eigenvalue weighted by molar-refractivity contribution is 0.373. The Kier molecular flexibility index (Phi) is 5.23. The van der Waals surface area contributed by atoms with Crippen molar-refractivity contribution in [3.63, 3.8) is 0 Å². The van der Waals surface area contributed by atoms with Crippen LogP contribution in [0.25, 0.3) is 0 Å². The molecule has 1 aliphatic carbocycles. The van der Waals surface area contributed by atoms with Gasteiger partial charge in [-0.2, -0.15) is 0 Å². The maximum absolute atomic E-state index is 12.3. The van der Waals surface area contributed by atoms with Crippen molar-refractivity contribution < 1.29 is 16.8 Å². The number of rotatable bonds is 5. The van der Waals surface area contributed by atoms with Crippen molar-refractivity contribution in [2.24, 2.45) is 5.73 Å². The number of hydrogen-bond donors (Lipinski definition) is 3. The van der Waals surface area contributed by atoms with Crippen LogP contribution in [0.3, 0.4) is 0 Å². The first-order chi connectivity index (χ1) is 10.2. The van der Waals surface area contributed by atoms with Gasteiger partial charge in [-0.25, -0.2) is 26.3 Å². The summed E-state index contributed by atoms with van der Waals surface area (Å²) in [7, 11) is -5.92. The van der Waals surface area contributed by atoms with Gasteiger partial charge in [0, 0.05) is 12.1 Å². The van der Waals surface area contributed by atoms with Crippen LogP contribution in [0.5, 0.6) is 0 Å². The van der Waals surface area contributed by atoms with Crippen molar-refractivity contribution in [2.75, 3.05) is 7.05 Å². The van der Waals surface area contributed by atoms with Crippen LogP contribution in [-0.2, 0) is 20.0 Å². The zero-order valence-corrected chi connectivity index (χ0v) is 14.0. The summed E-state index contributed by atoms with van der Waals surface area (Å²) in [6.45, 7) is 0. The molecule has 0 heterocycles. The Morgan fingerprint density at radius 1 is 0.909 bits per heavy atom. The van der Waals surface area contributed by atoms with E-state index in [4.69, 9.17) is 5.73 Å². The topological polar surface area (TPSA) is 118 Å². The highest BCUT2D eigenvalue weighted by Gasteiger charge is 2.24. The average molecular weight is 347 g/mol. The third-order valence-electron chi connectivity index (χ3n) is 3.81. The lowest BCUT2D eigenvalue weighted by atomic mass is 9.93. The first kappa shape index (κ1) is 17.4. The summed E-state index contributed by atoms with van der Waals surface area (Å²) in [5.41, 5.74) is 5.80. The smallest absolute Gasteiger partial charge is 0.240 e. The molecule has 124 valence electrons. The third kappa shape index (κ3) is 4.05. The highest BCUT2D eigenvalue weighted by Crippen LogP contribution is 2.20. The van der Waals surface area contributed by atoms with Crippen LogP contribution in [0.4, 0.5) is 0 Å². The minimum Gasteiger partial charge on any atom is -0.328 e. The molecule has 2 rings (SSSR count). The molecule has 7 nitrogen and oxygen atoms in total. The fourth-order valence-corrected chi connectivity index (χ4v) is 4.48. The van der Waals surface area contributed by atoms with E-state index in [2.05, 4.69) is 9.44 Å². The van der Waals surface area contributed by atoms with Crippen molar-refractivity contribution in [1.82, 2.24) is 9.44 Å². The summed E-state index contributed by atoms with van der Waals surface area (Å²) in [5.74, 6) is 0. The van der Waals surface area contributed by atoms with Crippen LogP contribution in [0.1, 0.15) is 25.7 Å². The quantitative estimate of drug-likeness (QED) is 0.700. The molecule has 1 aromatic rings. The van der Waals surface area contributed by atoms with Crippen molar-refractivity contribution >= 4 is 20.0 Å². The Labute approximate surface area is 131 Å². The number of nitrogens with one attached hydrogen (secondary N) is 2. The fraction of sp³-hybridized carbons (Fsp3) is 0.538. The molecule has 22 heavy (non-hydrogen) atoms. The van der Waals surface area contributed by atoms with Gasteiger partial charge in [0.2, 0.25) is 20.0 Å². The van der Waals surface area contributed by atoms with Crippen LogP contribution in [0.15, 0.2) is 34.1 Å². The summed E-state index contributed by atoms with van der Waals surface area (Å²) in [4.78, 5) is 0.0787. The zero-order valence-electron chi connectivity index (χ0n) is 12.3. The molecule has 0 aromatic heterocycles. The monoisotopic (exact) mass is 347 g/mol. The molecule has 0 atom stereocenters. The summed E-state index contributed by atoms with van der Waals surface area (Å²) in [6, 6.07) is 5.16. The van der Waals surface area contributed by atoms with Gasteiger partial charge in [-0.3, -0.25) is 0 Å². The summed E-state index contributed by atoms with van der Waals surface area (Å²) in [5, 5.41) is 0. The van der Waals surface area contributed by atoms with E-state index in [0.717, 1.165) is 12.8 Å². The molecular formula is C13H21N3O4S2. The normalized spacial score (nSPS) is 23.4. The molecule has 0 radical (unpaired) electrons. The van der Waals surface area contributed by atoms with Gasteiger partial charge in [-0.15, -0.1) is 0 Å². The molecule has 0 amide bonds. The predicted molar refractivity (Wildman–Crippen MR) is 83.2 cm³/mol. The van der Waals surface area contributed by atoms with Gasteiger partial charge in [0.25, 0.3) is 0 Å². The average Bonchev–Trinajstić information content (AvgIpc) is 2.49. The molecule has 0 aliphatic heterocycles. The standard InChI is InChI=1S/C13H21N3O4S2/c1-15-21(17,18)12-6-8-13(9-7-12)22(19,20)16-11-4-2-10(14)3-5-11/h6-11,15-16H,2-5,14H2,1H3. The van der Waals surface area contributed by atoms with Gasteiger partial charge in [0.15, 0.2) is 0 Å². The van der Waals surface area contributed by atoms with Gasteiger partial charge < -0.3 is 5.73 Å². The molecule has 1 aromatic carbocycles. The lowest BCUT2D eigenvalue weighted by Crippen LogP contribution is -2.40. The summed E-state index contributed by atoms with van der Waals surface area (Å²) in [6.07, 6.45) is 3.03. The van der Waals surface area contributed by atoms with Crippen molar-refractivity contribution in [2.45, 2.75) is 47.6 Å². The Balaban J connectivity index is 2.13. The Bertz CT molecular complexity index is 706. The van der Waals surface area contributed by atoms with E-state index >= 15 is 0 Å².